The van der Waals surface area contributed by atoms with Gasteiger partial charge in [0.15, 0.2) is 11.4 Å². The summed E-state index contributed by atoms with van der Waals surface area (Å²) in [6.45, 7) is 6.05. The minimum absolute atomic E-state index is 0.139. The zero-order chi connectivity index (χ0) is 19.4. The predicted molar refractivity (Wildman–Crippen MR) is 103 cm³/mol. The molecule has 0 aliphatic heterocycles. The molecule has 140 valence electrons. The summed E-state index contributed by atoms with van der Waals surface area (Å²) in [5, 5.41) is 5.89. The molecule has 2 heterocycles. The van der Waals surface area contributed by atoms with Gasteiger partial charge in [-0.25, -0.2) is 14.6 Å². The van der Waals surface area contributed by atoms with Crippen LogP contribution in [0.4, 0.5) is 0 Å². The molecular formula is C19H20N4O3S. The first-order valence-corrected chi connectivity index (χ1v) is 9.54. The van der Waals surface area contributed by atoms with Crippen molar-refractivity contribution >= 4 is 34.5 Å². The molecule has 0 bridgehead atoms. The lowest BCUT2D eigenvalue weighted by atomic mass is 10.1. The van der Waals surface area contributed by atoms with Gasteiger partial charge < -0.3 is 4.74 Å². The van der Waals surface area contributed by atoms with E-state index in [-0.39, 0.29) is 24.6 Å². The molecule has 0 atom stereocenters. The Morgan fingerprint density at radius 2 is 2.04 bits per heavy atom. The van der Waals surface area contributed by atoms with Gasteiger partial charge in [-0.15, -0.1) is 0 Å². The van der Waals surface area contributed by atoms with Crippen molar-refractivity contribution in [3.8, 4) is 5.69 Å². The van der Waals surface area contributed by atoms with Gasteiger partial charge in [-0.3, -0.25) is 9.59 Å². The summed E-state index contributed by atoms with van der Waals surface area (Å²) < 4.78 is 6.57. The molecule has 3 rings (SSSR count). The fraction of sp³-hybridized carbons (Fsp3) is 0.316. The van der Waals surface area contributed by atoms with Crippen LogP contribution >= 0.6 is 11.8 Å². The van der Waals surface area contributed by atoms with E-state index >= 15 is 0 Å². The highest BCUT2D eigenvalue weighted by Gasteiger charge is 2.15. The van der Waals surface area contributed by atoms with E-state index in [9.17, 15) is 9.59 Å². The standard InChI is InChI=1S/C19H20N4O3S/c1-4-26-17(25)8-14(24)10-27-19-15-9-22-23(18(15)20-11-21-19)16-6-5-12(2)7-13(16)3/h5-7,9,11H,4,8,10H2,1-3H3. The number of ketones is 1. The molecule has 7 nitrogen and oxygen atoms in total. The van der Waals surface area contributed by atoms with Crippen molar-refractivity contribution in [1.29, 1.82) is 0 Å². The number of carbonyl (C=O) groups excluding carboxylic acids is 2. The molecule has 0 aliphatic rings. The van der Waals surface area contributed by atoms with Crippen LogP contribution in [-0.2, 0) is 14.3 Å². The Hall–Kier alpha value is -2.74. The minimum atomic E-state index is -0.501. The summed E-state index contributed by atoms with van der Waals surface area (Å²) in [7, 11) is 0. The first-order chi connectivity index (χ1) is 13.0. The molecule has 27 heavy (non-hydrogen) atoms. The van der Waals surface area contributed by atoms with E-state index in [0.29, 0.717) is 10.7 Å². The van der Waals surface area contributed by atoms with E-state index in [1.54, 1.807) is 17.8 Å². The van der Waals surface area contributed by atoms with Crippen LogP contribution < -0.4 is 0 Å². The smallest absolute Gasteiger partial charge is 0.313 e. The summed E-state index contributed by atoms with van der Waals surface area (Å²) >= 11 is 1.27. The second kappa shape index (κ2) is 8.30. The first-order valence-electron chi connectivity index (χ1n) is 8.56. The number of Topliss-reactive ketones (excluding diaryl/α,β-unsaturated/α-hetero) is 1. The number of thioether (sulfide) groups is 1. The highest BCUT2D eigenvalue weighted by molar-refractivity contribution is 8.00. The third-order valence-electron chi connectivity index (χ3n) is 3.93. The van der Waals surface area contributed by atoms with Crippen LogP contribution in [0.2, 0.25) is 0 Å². The maximum atomic E-state index is 12.0. The third kappa shape index (κ3) is 4.33. The molecular weight excluding hydrogens is 364 g/mol. The minimum Gasteiger partial charge on any atom is -0.466 e. The number of benzene rings is 1. The number of aryl methyl sites for hydroxylation is 2. The fourth-order valence-corrected chi connectivity index (χ4v) is 3.55. The molecule has 0 spiro atoms. The zero-order valence-corrected chi connectivity index (χ0v) is 16.2. The van der Waals surface area contributed by atoms with E-state index < -0.39 is 5.97 Å². The average Bonchev–Trinajstić information content (AvgIpc) is 3.04. The number of hydrogen-bond acceptors (Lipinski definition) is 7. The predicted octanol–water partition coefficient (Wildman–Crippen LogP) is 3.05. The number of hydrogen-bond donors (Lipinski definition) is 0. The molecule has 1 aromatic carbocycles. The van der Waals surface area contributed by atoms with Crippen LogP contribution in [0.25, 0.3) is 16.7 Å². The van der Waals surface area contributed by atoms with Crippen molar-refractivity contribution in [2.24, 2.45) is 0 Å². The summed E-state index contributed by atoms with van der Waals surface area (Å²) in [4.78, 5) is 32.0. The Kier molecular flexibility index (Phi) is 5.85. The molecule has 0 fully saturated rings. The number of nitrogens with zero attached hydrogens (tertiary/aromatic N) is 4. The van der Waals surface area contributed by atoms with Gasteiger partial charge in [0, 0.05) is 0 Å². The van der Waals surface area contributed by atoms with Crippen LogP contribution in [0.15, 0.2) is 35.7 Å². The maximum Gasteiger partial charge on any atom is 0.313 e. The Labute approximate surface area is 161 Å². The molecule has 0 aliphatic carbocycles. The number of ether oxygens (including phenoxy) is 1. The van der Waals surface area contributed by atoms with Gasteiger partial charge >= 0.3 is 5.97 Å². The Morgan fingerprint density at radius 1 is 1.22 bits per heavy atom. The van der Waals surface area contributed by atoms with Gasteiger partial charge in [0.2, 0.25) is 0 Å². The molecule has 0 unspecified atom stereocenters. The van der Waals surface area contributed by atoms with Crippen LogP contribution in [0, 0.1) is 13.8 Å². The summed E-state index contributed by atoms with van der Waals surface area (Å²) in [6.07, 6.45) is 2.94. The molecule has 0 N–H and O–H groups in total. The van der Waals surface area contributed by atoms with Crippen molar-refractivity contribution < 1.29 is 14.3 Å². The largest absolute Gasteiger partial charge is 0.466 e. The van der Waals surface area contributed by atoms with Gasteiger partial charge in [-0.1, -0.05) is 29.5 Å². The number of esters is 1. The lowest BCUT2D eigenvalue weighted by Crippen LogP contribution is -2.12. The second-order valence-corrected chi connectivity index (χ2v) is 7.04. The number of aromatic nitrogens is 4. The van der Waals surface area contributed by atoms with Crippen LogP contribution in [0.1, 0.15) is 24.5 Å². The Bertz CT molecular complexity index is 1000. The van der Waals surface area contributed by atoms with E-state index in [0.717, 1.165) is 16.6 Å². The molecule has 0 saturated carbocycles. The van der Waals surface area contributed by atoms with Crippen LogP contribution in [0.3, 0.4) is 0 Å². The second-order valence-electron chi connectivity index (χ2n) is 6.07. The molecule has 3 aromatic rings. The quantitative estimate of drug-likeness (QED) is 0.268. The van der Waals surface area contributed by atoms with E-state index in [1.165, 1.54) is 23.7 Å². The Morgan fingerprint density at radius 3 is 2.78 bits per heavy atom. The molecule has 0 amide bonds. The average molecular weight is 384 g/mol. The number of fused-ring (bicyclic) bond motifs is 1. The summed E-state index contributed by atoms with van der Waals surface area (Å²) in [5.74, 6) is -0.565. The third-order valence-corrected chi connectivity index (χ3v) is 4.99. The summed E-state index contributed by atoms with van der Waals surface area (Å²) in [6, 6.07) is 6.13. The number of carbonyl (C=O) groups is 2. The van der Waals surface area contributed by atoms with Gasteiger partial charge in [0.05, 0.1) is 29.6 Å². The van der Waals surface area contributed by atoms with Gasteiger partial charge in [-0.05, 0) is 32.4 Å². The maximum absolute atomic E-state index is 12.0. The zero-order valence-electron chi connectivity index (χ0n) is 15.4. The van der Waals surface area contributed by atoms with Crippen molar-refractivity contribution in [2.75, 3.05) is 12.4 Å². The monoisotopic (exact) mass is 384 g/mol. The fourth-order valence-electron chi connectivity index (χ4n) is 2.73. The topological polar surface area (TPSA) is 87.0 Å². The molecule has 0 radical (unpaired) electrons. The SMILES string of the molecule is CCOC(=O)CC(=O)CSc1ncnc2c1cnn2-c1ccc(C)cc1C. The van der Waals surface area contributed by atoms with E-state index in [1.807, 2.05) is 26.0 Å². The van der Waals surface area contributed by atoms with Crippen molar-refractivity contribution in [2.45, 2.75) is 32.2 Å². The van der Waals surface area contributed by atoms with E-state index in [4.69, 9.17) is 4.74 Å². The lowest BCUT2D eigenvalue weighted by Gasteiger charge is -2.08. The molecule has 0 saturated heterocycles. The van der Waals surface area contributed by atoms with E-state index in [2.05, 4.69) is 21.1 Å². The summed E-state index contributed by atoms with van der Waals surface area (Å²) in [5.41, 5.74) is 3.90. The highest BCUT2D eigenvalue weighted by Crippen LogP contribution is 2.27. The van der Waals surface area contributed by atoms with Gasteiger partial charge in [0.25, 0.3) is 0 Å². The van der Waals surface area contributed by atoms with Crippen molar-refractivity contribution in [1.82, 2.24) is 19.7 Å². The molecule has 8 heteroatoms. The first kappa shape index (κ1) is 19.0. The molecule has 2 aromatic heterocycles. The van der Waals surface area contributed by atoms with Gasteiger partial charge in [0.1, 0.15) is 17.8 Å². The van der Waals surface area contributed by atoms with Gasteiger partial charge in [-0.2, -0.15) is 5.10 Å². The van der Waals surface area contributed by atoms with Crippen LogP contribution in [0.5, 0.6) is 0 Å². The highest BCUT2D eigenvalue weighted by atomic mass is 32.2. The van der Waals surface area contributed by atoms with Crippen LogP contribution in [-0.4, -0.2) is 43.9 Å². The number of rotatable bonds is 7. The van der Waals surface area contributed by atoms with Crippen molar-refractivity contribution in [3.05, 3.63) is 41.9 Å². The van der Waals surface area contributed by atoms with Crippen molar-refractivity contribution in [3.63, 3.8) is 0 Å². The Balaban J connectivity index is 1.81. The lowest BCUT2D eigenvalue weighted by molar-refractivity contribution is -0.145. The normalized spacial score (nSPS) is 10.9.